The molecule has 1 aromatic rings. The zero-order valence-corrected chi connectivity index (χ0v) is 11.0. The van der Waals surface area contributed by atoms with Gasteiger partial charge in [0.1, 0.15) is 11.7 Å². The van der Waals surface area contributed by atoms with Gasteiger partial charge in [-0.2, -0.15) is 5.26 Å². The Balaban J connectivity index is 2.36. The molecule has 106 valence electrons. The van der Waals surface area contributed by atoms with Gasteiger partial charge in [0.15, 0.2) is 11.6 Å². The number of rotatable bonds is 3. The SMILES string of the molecule is CCOC(=O)C1CCCN1c1c(F)cc(C#N)cc1F. The van der Waals surface area contributed by atoms with Crippen LogP contribution in [0.4, 0.5) is 14.5 Å². The van der Waals surface area contributed by atoms with Gasteiger partial charge in [-0.15, -0.1) is 0 Å². The van der Waals surface area contributed by atoms with Gasteiger partial charge in [0.25, 0.3) is 0 Å². The van der Waals surface area contributed by atoms with Crippen molar-refractivity contribution in [3.05, 3.63) is 29.3 Å². The average molecular weight is 280 g/mol. The number of benzene rings is 1. The van der Waals surface area contributed by atoms with Crippen LogP contribution in [0.1, 0.15) is 25.3 Å². The summed E-state index contributed by atoms with van der Waals surface area (Å²) >= 11 is 0. The summed E-state index contributed by atoms with van der Waals surface area (Å²) in [7, 11) is 0. The molecule has 1 fully saturated rings. The van der Waals surface area contributed by atoms with Gasteiger partial charge in [0.05, 0.1) is 18.2 Å². The Labute approximate surface area is 115 Å². The molecule has 6 heteroatoms. The second-order valence-corrected chi connectivity index (χ2v) is 4.50. The predicted molar refractivity (Wildman–Crippen MR) is 68.1 cm³/mol. The first-order valence-corrected chi connectivity index (χ1v) is 6.41. The molecule has 1 unspecified atom stereocenters. The van der Waals surface area contributed by atoms with Crippen LogP contribution in [0.15, 0.2) is 12.1 Å². The van der Waals surface area contributed by atoms with Gasteiger partial charge in [-0.05, 0) is 31.9 Å². The van der Waals surface area contributed by atoms with Crippen LogP contribution in [0.5, 0.6) is 0 Å². The molecular formula is C14H14F2N2O2. The lowest BCUT2D eigenvalue weighted by atomic mass is 10.1. The highest BCUT2D eigenvalue weighted by atomic mass is 19.1. The molecule has 1 saturated heterocycles. The van der Waals surface area contributed by atoms with E-state index in [0.29, 0.717) is 19.4 Å². The van der Waals surface area contributed by atoms with Gasteiger partial charge in [-0.3, -0.25) is 0 Å². The number of nitrogens with zero attached hydrogens (tertiary/aromatic N) is 2. The monoisotopic (exact) mass is 280 g/mol. The topological polar surface area (TPSA) is 53.3 Å². The average Bonchev–Trinajstić information content (AvgIpc) is 2.87. The van der Waals surface area contributed by atoms with Crippen LogP contribution in [0, 0.1) is 23.0 Å². The Morgan fingerprint density at radius 3 is 2.70 bits per heavy atom. The molecule has 0 aromatic heterocycles. The summed E-state index contributed by atoms with van der Waals surface area (Å²) < 4.78 is 32.9. The zero-order chi connectivity index (χ0) is 14.7. The van der Waals surface area contributed by atoms with Crippen LogP contribution < -0.4 is 4.90 Å². The highest BCUT2D eigenvalue weighted by molar-refractivity contribution is 5.81. The summed E-state index contributed by atoms with van der Waals surface area (Å²) in [6, 6.07) is 2.96. The van der Waals surface area contributed by atoms with Gasteiger partial charge in [-0.1, -0.05) is 0 Å². The molecule has 20 heavy (non-hydrogen) atoms. The van der Waals surface area contributed by atoms with Crippen molar-refractivity contribution in [3.63, 3.8) is 0 Å². The van der Waals surface area contributed by atoms with Crippen molar-refractivity contribution in [2.75, 3.05) is 18.1 Å². The van der Waals surface area contributed by atoms with Crippen molar-refractivity contribution in [2.45, 2.75) is 25.8 Å². The van der Waals surface area contributed by atoms with E-state index in [9.17, 15) is 13.6 Å². The third-order valence-electron chi connectivity index (χ3n) is 3.24. The van der Waals surface area contributed by atoms with Crippen LogP contribution in [-0.2, 0) is 9.53 Å². The molecule has 1 atom stereocenters. The lowest BCUT2D eigenvalue weighted by molar-refractivity contribution is -0.144. The molecule has 0 radical (unpaired) electrons. The molecule has 0 bridgehead atoms. The van der Waals surface area contributed by atoms with Crippen LogP contribution in [0.2, 0.25) is 0 Å². The number of ether oxygens (including phenoxy) is 1. The molecule has 1 aliphatic rings. The Bertz CT molecular complexity index is 546. The van der Waals surface area contributed by atoms with Crippen LogP contribution in [0.25, 0.3) is 0 Å². The summed E-state index contributed by atoms with van der Waals surface area (Å²) in [4.78, 5) is 13.2. The number of carbonyl (C=O) groups is 1. The van der Waals surface area contributed by atoms with Crippen molar-refractivity contribution in [1.82, 2.24) is 0 Å². The molecule has 2 rings (SSSR count). The number of hydrogen-bond acceptors (Lipinski definition) is 4. The van der Waals surface area contributed by atoms with Crippen molar-refractivity contribution >= 4 is 11.7 Å². The van der Waals surface area contributed by atoms with E-state index in [2.05, 4.69) is 0 Å². The first-order valence-electron chi connectivity index (χ1n) is 6.41. The summed E-state index contributed by atoms with van der Waals surface area (Å²) in [5.41, 5.74) is -0.352. The van der Waals surface area contributed by atoms with E-state index in [1.165, 1.54) is 4.90 Å². The molecule has 1 aromatic carbocycles. The van der Waals surface area contributed by atoms with Gasteiger partial charge in [0, 0.05) is 6.54 Å². The van der Waals surface area contributed by atoms with E-state index in [1.54, 1.807) is 13.0 Å². The Morgan fingerprint density at radius 1 is 1.50 bits per heavy atom. The third-order valence-corrected chi connectivity index (χ3v) is 3.24. The van der Waals surface area contributed by atoms with Crippen molar-refractivity contribution < 1.29 is 18.3 Å². The minimum absolute atomic E-state index is 0.0874. The number of carbonyl (C=O) groups excluding carboxylic acids is 1. The van der Waals surface area contributed by atoms with Gasteiger partial charge < -0.3 is 9.64 Å². The second-order valence-electron chi connectivity index (χ2n) is 4.50. The molecule has 0 N–H and O–H groups in total. The lowest BCUT2D eigenvalue weighted by Crippen LogP contribution is -2.38. The number of esters is 1. The number of halogens is 2. The standard InChI is InChI=1S/C14H14F2N2O2/c1-2-20-14(19)12-4-3-5-18(12)13-10(15)6-9(8-17)7-11(13)16/h6-7,12H,2-5H2,1H3. The number of nitriles is 1. The maximum atomic E-state index is 14.0. The largest absolute Gasteiger partial charge is 0.464 e. The van der Waals surface area contributed by atoms with E-state index >= 15 is 0 Å². The molecule has 4 nitrogen and oxygen atoms in total. The normalized spacial score (nSPS) is 17.9. The number of hydrogen-bond donors (Lipinski definition) is 0. The highest BCUT2D eigenvalue weighted by Crippen LogP contribution is 2.31. The summed E-state index contributed by atoms with van der Waals surface area (Å²) in [6.45, 7) is 2.28. The smallest absolute Gasteiger partial charge is 0.328 e. The van der Waals surface area contributed by atoms with Crippen LogP contribution in [0.3, 0.4) is 0 Å². The van der Waals surface area contributed by atoms with E-state index in [-0.39, 0.29) is 17.9 Å². The quantitative estimate of drug-likeness (QED) is 0.798. The molecule has 0 amide bonds. The van der Waals surface area contributed by atoms with Gasteiger partial charge in [0.2, 0.25) is 0 Å². The van der Waals surface area contributed by atoms with Crippen molar-refractivity contribution in [2.24, 2.45) is 0 Å². The molecule has 0 aliphatic carbocycles. The predicted octanol–water partition coefficient (Wildman–Crippen LogP) is 2.37. The Kier molecular flexibility index (Phi) is 4.18. The van der Waals surface area contributed by atoms with E-state index < -0.39 is 23.6 Å². The van der Waals surface area contributed by atoms with E-state index in [0.717, 1.165) is 12.1 Å². The maximum Gasteiger partial charge on any atom is 0.328 e. The van der Waals surface area contributed by atoms with Crippen molar-refractivity contribution in [1.29, 1.82) is 5.26 Å². The fraction of sp³-hybridized carbons (Fsp3) is 0.429. The minimum Gasteiger partial charge on any atom is -0.464 e. The van der Waals surface area contributed by atoms with Gasteiger partial charge >= 0.3 is 5.97 Å². The van der Waals surface area contributed by atoms with E-state index in [4.69, 9.17) is 10.00 Å². The lowest BCUT2D eigenvalue weighted by Gasteiger charge is -2.26. The molecular weight excluding hydrogens is 266 g/mol. The van der Waals surface area contributed by atoms with Crippen LogP contribution >= 0.6 is 0 Å². The molecule has 1 aliphatic heterocycles. The summed E-state index contributed by atoms with van der Waals surface area (Å²) in [5.74, 6) is -2.15. The summed E-state index contributed by atoms with van der Waals surface area (Å²) in [5, 5.41) is 8.68. The maximum absolute atomic E-state index is 14.0. The third kappa shape index (κ3) is 2.57. The fourth-order valence-electron chi connectivity index (χ4n) is 2.42. The molecule has 1 heterocycles. The number of anilines is 1. The Hall–Kier alpha value is -2.16. The van der Waals surface area contributed by atoms with Gasteiger partial charge in [-0.25, -0.2) is 13.6 Å². The molecule has 0 spiro atoms. The molecule has 0 saturated carbocycles. The summed E-state index contributed by atoms with van der Waals surface area (Å²) in [6.07, 6.45) is 1.15. The van der Waals surface area contributed by atoms with E-state index in [1.807, 2.05) is 0 Å². The zero-order valence-electron chi connectivity index (χ0n) is 11.0. The second kappa shape index (κ2) is 5.87. The highest BCUT2D eigenvalue weighted by Gasteiger charge is 2.35. The Morgan fingerprint density at radius 2 is 2.15 bits per heavy atom. The minimum atomic E-state index is -0.835. The first-order chi connectivity index (χ1) is 9.58. The fourth-order valence-corrected chi connectivity index (χ4v) is 2.42. The van der Waals surface area contributed by atoms with Crippen molar-refractivity contribution in [3.8, 4) is 6.07 Å². The first kappa shape index (κ1) is 14.3. The van der Waals surface area contributed by atoms with Crippen LogP contribution in [-0.4, -0.2) is 25.2 Å².